The Hall–Kier alpha value is -2.61. The van der Waals surface area contributed by atoms with Crippen molar-refractivity contribution >= 4 is 17.9 Å². The first-order valence-corrected chi connectivity index (χ1v) is 22.4. The van der Waals surface area contributed by atoms with E-state index >= 15 is 0 Å². The molecule has 6 rings (SSSR count). The van der Waals surface area contributed by atoms with Crippen molar-refractivity contribution in [2.45, 2.75) is 183 Å². The van der Waals surface area contributed by atoms with E-state index in [2.05, 4.69) is 33.8 Å². The zero-order chi connectivity index (χ0) is 44.5. The second-order valence-corrected chi connectivity index (χ2v) is 21.2. The molecular weight excluding hydrogens is 769 g/mol. The molecule has 5 fully saturated rings. The number of carbonyl (C=O) groups excluding carboxylic acids is 3. The van der Waals surface area contributed by atoms with Crippen LogP contribution in [0.15, 0.2) is 34.9 Å². The SMILES string of the molecule is C/C=C(/C)C(=O)O[C@@H]1C(O)[C@H](O[C@H]2[C@@H](OC(C)=O)[C@@]3(CO)C(CC2(C)C)C2=CCC4[C@@]5(C)CCCC(C)(CO)C5CC[C@@]4(C)[C@]2(C)C[C@@H]3O)OC(C)[C@@H]1OC(=O)/C(C)=C\C. The Bertz CT molecular complexity index is 1770. The molecule has 0 bridgehead atoms. The van der Waals surface area contributed by atoms with Crippen molar-refractivity contribution in [2.75, 3.05) is 13.2 Å². The van der Waals surface area contributed by atoms with Crippen LogP contribution in [0, 0.1) is 50.2 Å². The molecular formula is C48H74O12. The molecule has 16 atom stereocenters. The Morgan fingerprint density at radius 1 is 0.817 bits per heavy atom. The van der Waals surface area contributed by atoms with E-state index in [9.17, 15) is 34.8 Å². The first kappa shape index (κ1) is 46.9. The molecule has 1 heterocycles. The van der Waals surface area contributed by atoms with Gasteiger partial charge in [0.1, 0.15) is 18.3 Å². The zero-order valence-corrected chi connectivity index (χ0v) is 38.2. The molecule has 0 aromatic heterocycles. The molecule has 0 spiro atoms. The Morgan fingerprint density at radius 3 is 2.00 bits per heavy atom. The highest BCUT2D eigenvalue weighted by molar-refractivity contribution is 5.88. The second kappa shape index (κ2) is 16.5. The van der Waals surface area contributed by atoms with Crippen molar-refractivity contribution < 1.29 is 58.5 Å². The van der Waals surface area contributed by atoms with Gasteiger partial charge in [-0.05, 0) is 124 Å². The van der Waals surface area contributed by atoms with E-state index in [-0.39, 0.29) is 34.3 Å². The second-order valence-electron chi connectivity index (χ2n) is 21.2. The van der Waals surface area contributed by atoms with Crippen LogP contribution >= 0.6 is 0 Å². The van der Waals surface area contributed by atoms with Gasteiger partial charge in [-0.15, -0.1) is 0 Å². The molecule has 0 aromatic carbocycles. The molecule has 338 valence electrons. The van der Waals surface area contributed by atoms with Gasteiger partial charge < -0.3 is 44.1 Å². The monoisotopic (exact) mass is 843 g/mol. The van der Waals surface area contributed by atoms with Crippen LogP contribution in [0.2, 0.25) is 0 Å². The van der Waals surface area contributed by atoms with Gasteiger partial charge in [0.25, 0.3) is 0 Å². The van der Waals surface area contributed by atoms with E-state index in [4.69, 9.17) is 23.7 Å². The van der Waals surface area contributed by atoms with Gasteiger partial charge in [-0.3, -0.25) is 4.79 Å². The number of allylic oxidation sites excluding steroid dienone is 4. The minimum Gasteiger partial charge on any atom is -0.459 e. The van der Waals surface area contributed by atoms with Gasteiger partial charge in [0.05, 0.1) is 24.2 Å². The van der Waals surface area contributed by atoms with Crippen molar-refractivity contribution in [2.24, 2.45) is 50.2 Å². The van der Waals surface area contributed by atoms with Gasteiger partial charge in [-0.1, -0.05) is 71.8 Å². The fraction of sp³-hybridized carbons (Fsp3) is 0.812. The Balaban J connectivity index is 1.38. The predicted molar refractivity (Wildman–Crippen MR) is 224 cm³/mol. The number of aliphatic hydroxyl groups is 4. The van der Waals surface area contributed by atoms with Crippen LogP contribution in [0.25, 0.3) is 0 Å². The first-order chi connectivity index (χ1) is 28.0. The lowest BCUT2D eigenvalue weighted by atomic mass is 9.33. The van der Waals surface area contributed by atoms with Gasteiger partial charge in [-0.2, -0.15) is 0 Å². The first-order valence-electron chi connectivity index (χ1n) is 22.4. The average Bonchev–Trinajstić information content (AvgIpc) is 3.18. The van der Waals surface area contributed by atoms with Crippen LogP contribution < -0.4 is 0 Å². The maximum absolute atomic E-state index is 13.2. The predicted octanol–water partition coefficient (Wildman–Crippen LogP) is 6.51. The van der Waals surface area contributed by atoms with Crippen molar-refractivity contribution in [3.05, 3.63) is 34.9 Å². The molecule has 4 saturated carbocycles. The number of ether oxygens (including phenoxy) is 5. The largest absolute Gasteiger partial charge is 0.459 e. The van der Waals surface area contributed by atoms with Crippen LogP contribution in [0.3, 0.4) is 0 Å². The van der Waals surface area contributed by atoms with E-state index in [1.165, 1.54) is 12.5 Å². The molecule has 6 aliphatic rings. The molecule has 0 radical (unpaired) electrons. The minimum absolute atomic E-state index is 0.00777. The summed E-state index contributed by atoms with van der Waals surface area (Å²) in [7, 11) is 0. The number of rotatable bonds is 9. The van der Waals surface area contributed by atoms with Crippen LogP contribution in [-0.4, -0.2) is 101 Å². The molecule has 0 aromatic rings. The van der Waals surface area contributed by atoms with Gasteiger partial charge in [-0.25, -0.2) is 9.59 Å². The number of fused-ring (bicyclic) bond motifs is 7. The molecule has 1 saturated heterocycles. The summed E-state index contributed by atoms with van der Waals surface area (Å²) >= 11 is 0. The normalized spacial score (nSPS) is 46.4. The van der Waals surface area contributed by atoms with Crippen LogP contribution in [0.1, 0.15) is 134 Å². The van der Waals surface area contributed by atoms with E-state index in [0.29, 0.717) is 30.3 Å². The number of carbonyl (C=O) groups is 3. The molecule has 0 amide bonds. The Labute approximate surface area is 357 Å². The van der Waals surface area contributed by atoms with E-state index in [1.807, 2.05) is 13.8 Å². The van der Waals surface area contributed by atoms with Crippen LogP contribution in [0.5, 0.6) is 0 Å². The third-order valence-corrected chi connectivity index (χ3v) is 17.6. The molecule has 5 aliphatic carbocycles. The third kappa shape index (κ3) is 7.15. The highest BCUT2D eigenvalue weighted by atomic mass is 16.7. The Morgan fingerprint density at radius 2 is 1.43 bits per heavy atom. The zero-order valence-electron chi connectivity index (χ0n) is 38.2. The molecule has 6 unspecified atom stereocenters. The maximum Gasteiger partial charge on any atom is 0.333 e. The fourth-order valence-corrected chi connectivity index (χ4v) is 13.8. The summed E-state index contributed by atoms with van der Waals surface area (Å²) in [6, 6.07) is 0. The lowest BCUT2D eigenvalue weighted by molar-refractivity contribution is -0.342. The van der Waals surface area contributed by atoms with Gasteiger partial charge in [0.2, 0.25) is 0 Å². The van der Waals surface area contributed by atoms with Crippen LogP contribution in [0.4, 0.5) is 0 Å². The highest BCUT2D eigenvalue weighted by Gasteiger charge is 2.73. The fourth-order valence-electron chi connectivity index (χ4n) is 13.8. The topological polar surface area (TPSA) is 178 Å². The Kier molecular flexibility index (Phi) is 12.9. The molecule has 12 nitrogen and oxygen atoms in total. The third-order valence-electron chi connectivity index (χ3n) is 17.6. The minimum atomic E-state index is -1.66. The summed E-state index contributed by atoms with van der Waals surface area (Å²) < 4.78 is 31.0. The van der Waals surface area contributed by atoms with Crippen molar-refractivity contribution in [3.8, 4) is 0 Å². The summed E-state index contributed by atoms with van der Waals surface area (Å²) in [5, 5.41) is 47.2. The number of esters is 3. The van der Waals surface area contributed by atoms with E-state index in [1.54, 1.807) is 46.8 Å². The summed E-state index contributed by atoms with van der Waals surface area (Å²) in [5.74, 6) is -1.66. The van der Waals surface area contributed by atoms with Crippen molar-refractivity contribution in [1.29, 1.82) is 0 Å². The van der Waals surface area contributed by atoms with Gasteiger partial charge in [0.15, 0.2) is 18.5 Å². The summed E-state index contributed by atoms with van der Waals surface area (Å²) in [5.41, 5.74) is -1.12. The average molecular weight is 843 g/mol. The molecule has 12 heteroatoms. The van der Waals surface area contributed by atoms with E-state index in [0.717, 1.165) is 38.5 Å². The van der Waals surface area contributed by atoms with Crippen molar-refractivity contribution in [3.63, 3.8) is 0 Å². The summed E-state index contributed by atoms with van der Waals surface area (Å²) in [4.78, 5) is 39.3. The summed E-state index contributed by atoms with van der Waals surface area (Å²) in [6.07, 6.45) is 2.39. The number of hydrogen-bond acceptors (Lipinski definition) is 12. The smallest absolute Gasteiger partial charge is 0.333 e. The molecule has 60 heavy (non-hydrogen) atoms. The highest BCUT2D eigenvalue weighted by Crippen LogP contribution is 2.76. The molecule has 4 N–H and O–H groups in total. The number of aliphatic hydroxyl groups excluding tert-OH is 4. The standard InChI is InChI=1S/C48H74O12/c1-13-26(3)40(54)58-36-28(5)56-42(35(53)37(36)59-41(55)27(4)14-2)60-38-39(57-29(6)51)48(25-50)31(22-43(38,7)8)30-16-17-33-45(10)20-15-19-44(9,24-49)32(45)18-21-46(33,11)47(30,12)23-34(48)52/h13-14,16,28,31-39,42,49-50,52-53H,15,17-25H2,1-12H3/b26-13-,27-14-/t28?,31?,32?,33?,34-,35?,36-,37+,38-,39+,42-,44?,45-,46+,47+,48-/m0/s1. The lowest BCUT2D eigenvalue weighted by Gasteiger charge is -2.72. The summed E-state index contributed by atoms with van der Waals surface area (Å²) in [6.45, 7) is 22.6. The molecule has 1 aliphatic heterocycles. The maximum atomic E-state index is 13.2. The lowest BCUT2D eigenvalue weighted by Crippen LogP contribution is -2.73. The van der Waals surface area contributed by atoms with E-state index < -0.39 is 89.8 Å². The van der Waals surface area contributed by atoms with Gasteiger partial charge in [0, 0.05) is 24.7 Å². The van der Waals surface area contributed by atoms with Gasteiger partial charge >= 0.3 is 17.9 Å². The van der Waals surface area contributed by atoms with Crippen molar-refractivity contribution in [1.82, 2.24) is 0 Å². The van der Waals surface area contributed by atoms with Crippen LogP contribution in [-0.2, 0) is 38.1 Å². The quantitative estimate of drug-likeness (QED) is 0.0652. The number of hydrogen-bond donors (Lipinski definition) is 4.